The molecule has 2 heterocycles. The van der Waals surface area contributed by atoms with Crippen molar-refractivity contribution in [3.05, 3.63) is 21.9 Å². The van der Waals surface area contributed by atoms with Gasteiger partial charge in [-0.3, -0.25) is 4.79 Å². The maximum Gasteiger partial charge on any atom is 0.252 e. The summed E-state index contributed by atoms with van der Waals surface area (Å²) in [6.45, 7) is 9.95. The summed E-state index contributed by atoms with van der Waals surface area (Å²) in [5.74, 6) is 0.598. The summed E-state index contributed by atoms with van der Waals surface area (Å²) in [6, 6.07) is 2.38. The number of amides is 1. The van der Waals surface area contributed by atoms with Gasteiger partial charge in [0, 0.05) is 29.4 Å². The van der Waals surface area contributed by atoms with E-state index in [0.717, 1.165) is 31.5 Å². The van der Waals surface area contributed by atoms with Crippen LogP contribution in [0.3, 0.4) is 0 Å². The van der Waals surface area contributed by atoms with E-state index in [-0.39, 0.29) is 5.91 Å². The van der Waals surface area contributed by atoms with Crippen molar-refractivity contribution in [2.24, 2.45) is 0 Å². The minimum absolute atomic E-state index is 0.0992. The molecule has 0 atom stereocenters. The Morgan fingerprint density at radius 1 is 1.45 bits per heavy atom. The fourth-order valence-corrected chi connectivity index (χ4v) is 3.57. The molecule has 1 amide bonds. The molecule has 1 aliphatic heterocycles. The first kappa shape index (κ1) is 15.5. The molecule has 1 aromatic heterocycles. The topological polar surface area (TPSA) is 32.3 Å². The van der Waals surface area contributed by atoms with Gasteiger partial charge in [0.25, 0.3) is 5.91 Å². The molecule has 0 spiro atoms. The molecule has 0 saturated carbocycles. The van der Waals surface area contributed by atoms with Crippen LogP contribution < -0.4 is 5.32 Å². The first-order chi connectivity index (χ1) is 9.60. The number of nitrogens with one attached hydrogen (secondary N) is 1. The van der Waals surface area contributed by atoms with Gasteiger partial charge >= 0.3 is 0 Å². The van der Waals surface area contributed by atoms with Crippen LogP contribution >= 0.6 is 11.3 Å². The van der Waals surface area contributed by atoms with E-state index in [9.17, 15) is 4.79 Å². The van der Waals surface area contributed by atoms with E-state index in [1.165, 1.54) is 17.8 Å². The summed E-state index contributed by atoms with van der Waals surface area (Å²) in [7, 11) is 0. The SMILES string of the molecule is CCCN1CCC(NC(=O)c2csc(C(C)C)c2)CC1. The van der Waals surface area contributed by atoms with Gasteiger partial charge in [0.1, 0.15) is 0 Å². The van der Waals surface area contributed by atoms with E-state index in [1.807, 2.05) is 11.4 Å². The molecule has 1 aromatic rings. The van der Waals surface area contributed by atoms with Gasteiger partial charge in [0.05, 0.1) is 5.56 Å². The summed E-state index contributed by atoms with van der Waals surface area (Å²) < 4.78 is 0. The Labute approximate surface area is 126 Å². The molecule has 0 aromatic carbocycles. The third-order valence-corrected chi connectivity index (χ3v) is 5.15. The number of hydrogen-bond donors (Lipinski definition) is 1. The van der Waals surface area contributed by atoms with E-state index in [4.69, 9.17) is 0 Å². The van der Waals surface area contributed by atoms with Gasteiger partial charge in [-0.05, 0) is 37.8 Å². The van der Waals surface area contributed by atoms with Crippen molar-refractivity contribution in [3.63, 3.8) is 0 Å². The number of thiophene rings is 1. The second kappa shape index (κ2) is 7.23. The van der Waals surface area contributed by atoms with Crippen molar-refractivity contribution >= 4 is 17.2 Å². The zero-order valence-electron chi connectivity index (χ0n) is 12.8. The summed E-state index contributed by atoms with van der Waals surface area (Å²) in [5.41, 5.74) is 0.828. The molecule has 4 heteroatoms. The smallest absolute Gasteiger partial charge is 0.252 e. The number of rotatable bonds is 5. The number of carbonyl (C=O) groups excluding carboxylic acids is 1. The lowest BCUT2D eigenvalue weighted by Gasteiger charge is -2.32. The Hall–Kier alpha value is -0.870. The minimum Gasteiger partial charge on any atom is -0.349 e. The Morgan fingerprint density at radius 2 is 2.15 bits per heavy atom. The minimum atomic E-state index is 0.0992. The number of piperidine rings is 1. The maximum absolute atomic E-state index is 12.2. The molecular formula is C16H26N2OS. The first-order valence-electron chi connectivity index (χ1n) is 7.71. The highest BCUT2D eigenvalue weighted by atomic mass is 32.1. The average molecular weight is 294 g/mol. The third-order valence-electron chi connectivity index (χ3n) is 3.91. The number of hydrogen-bond acceptors (Lipinski definition) is 3. The highest BCUT2D eigenvalue weighted by Crippen LogP contribution is 2.23. The summed E-state index contributed by atoms with van der Waals surface area (Å²) in [6.07, 6.45) is 3.36. The molecule has 3 nitrogen and oxygen atoms in total. The molecule has 2 rings (SSSR count). The summed E-state index contributed by atoms with van der Waals surface area (Å²) >= 11 is 1.69. The molecule has 0 bridgehead atoms. The van der Waals surface area contributed by atoms with Crippen LogP contribution in [0.5, 0.6) is 0 Å². The molecule has 0 unspecified atom stereocenters. The summed E-state index contributed by atoms with van der Waals surface area (Å²) in [4.78, 5) is 16.0. The van der Waals surface area contributed by atoms with Crippen molar-refractivity contribution < 1.29 is 4.79 Å². The molecule has 1 aliphatic rings. The number of nitrogens with zero attached hydrogens (tertiary/aromatic N) is 1. The molecule has 1 fully saturated rings. The van der Waals surface area contributed by atoms with E-state index in [0.29, 0.717) is 12.0 Å². The van der Waals surface area contributed by atoms with Crippen molar-refractivity contribution in [1.82, 2.24) is 10.2 Å². The van der Waals surface area contributed by atoms with Crippen molar-refractivity contribution in [3.8, 4) is 0 Å². The highest BCUT2D eigenvalue weighted by Gasteiger charge is 2.21. The fraction of sp³-hybridized carbons (Fsp3) is 0.688. The Kier molecular flexibility index (Phi) is 5.61. The Bertz CT molecular complexity index is 433. The van der Waals surface area contributed by atoms with E-state index in [2.05, 4.69) is 31.0 Å². The fourth-order valence-electron chi connectivity index (χ4n) is 2.66. The van der Waals surface area contributed by atoms with Crippen LogP contribution in [0.4, 0.5) is 0 Å². The average Bonchev–Trinajstić information content (AvgIpc) is 2.91. The van der Waals surface area contributed by atoms with E-state index >= 15 is 0 Å². The normalized spacial score (nSPS) is 17.6. The molecular weight excluding hydrogens is 268 g/mol. The second-order valence-corrected chi connectivity index (χ2v) is 6.92. The standard InChI is InChI=1S/C16H26N2OS/c1-4-7-18-8-5-14(6-9-18)17-16(19)13-10-15(12(2)3)20-11-13/h10-12,14H,4-9H2,1-3H3,(H,17,19). The van der Waals surface area contributed by atoms with E-state index < -0.39 is 0 Å². The van der Waals surface area contributed by atoms with Gasteiger partial charge in [-0.2, -0.15) is 0 Å². The quantitative estimate of drug-likeness (QED) is 0.902. The second-order valence-electron chi connectivity index (χ2n) is 5.98. The molecule has 112 valence electrons. The van der Waals surface area contributed by atoms with Gasteiger partial charge in [-0.25, -0.2) is 0 Å². The van der Waals surface area contributed by atoms with Gasteiger partial charge < -0.3 is 10.2 Å². The van der Waals surface area contributed by atoms with Crippen molar-refractivity contribution in [2.75, 3.05) is 19.6 Å². The van der Waals surface area contributed by atoms with Crippen LogP contribution in [-0.2, 0) is 0 Å². The number of likely N-dealkylation sites (tertiary alicyclic amines) is 1. The third kappa shape index (κ3) is 4.06. The zero-order valence-corrected chi connectivity index (χ0v) is 13.6. The first-order valence-corrected chi connectivity index (χ1v) is 8.59. The Morgan fingerprint density at radius 3 is 2.70 bits per heavy atom. The van der Waals surface area contributed by atoms with Crippen LogP contribution in [0.2, 0.25) is 0 Å². The van der Waals surface area contributed by atoms with Crippen LogP contribution in [0.25, 0.3) is 0 Å². The molecule has 0 aliphatic carbocycles. The summed E-state index contributed by atoms with van der Waals surface area (Å²) in [5, 5.41) is 5.17. The van der Waals surface area contributed by atoms with Crippen molar-refractivity contribution in [1.29, 1.82) is 0 Å². The van der Waals surface area contributed by atoms with Crippen LogP contribution in [0, 0.1) is 0 Å². The van der Waals surface area contributed by atoms with Gasteiger partial charge in [0.15, 0.2) is 0 Å². The van der Waals surface area contributed by atoms with Gasteiger partial charge in [-0.15, -0.1) is 11.3 Å². The monoisotopic (exact) mass is 294 g/mol. The maximum atomic E-state index is 12.2. The van der Waals surface area contributed by atoms with Gasteiger partial charge in [-0.1, -0.05) is 20.8 Å². The lowest BCUT2D eigenvalue weighted by Crippen LogP contribution is -2.44. The Balaban J connectivity index is 1.83. The molecule has 0 radical (unpaired) electrons. The van der Waals surface area contributed by atoms with E-state index in [1.54, 1.807) is 11.3 Å². The lowest BCUT2D eigenvalue weighted by molar-refractivity contribution is 0.0911. The van der Waals surface area contributed by atoms with Gasteiger partial charge in [0.2, 0.25) is 0 Å². The molecule has 20 heavy (non-hydrogen) atoms. The van der Waals surface area contributed by atoms with Crippen molar-refractivity contribution in [2.45, 2.75) is 52.0 Å². The number of carbonyl (C=O) groups is 1. The van der Waals surface area contributed by atoms with Crippen LogP contribution in [-0.4, -0.2) is 36.5 Å². The van der Waals surface area contributed by atoms with Crippen LogP contribution in [0.15, 0.2) is 11.4 Å². The largest absolute Gasteiger partial charge is 0.349 e. The molecule has 1 saturated heterocycles. The predicted molar refractivity (Wildman–Crippen MR) is 85.6 cm³/mol. The van der Waals surface area contributed by atoms with Crippen LogP contribution in [0.1, 0.15) is 61.2 Å². The predicted octanol–water partition coefficient (Wildman–Crippen LogP) is 3.48. The zero-order chi connectivity index (χ0) is 14.5. The molecule has 1 N–H and O–H groups in total. The highest BCUT2D eigenvalue weighted by molar-refractivity contribution is 7.10. The lowest BCUT2D eigenvalue weighted by atomic mass is 10.0.